The maximum absolute atomic E-state index is 11.9. The van der Waals surface area contributed by atoms with Crippen molar-refractivity contribution in [1.82, 2.24) is 5.32 Å². The molecule has 0 bridgehead atoms. The van der Waals surface area contributed by atoms with Gasteiger partial charge in [0.15, 0.2) is 6.04 Å². The van der Waals surface area contributed by atoms with E-state index >= 15 is 0 Å². The van der Waals surface area contributed by atoms with Crippen LogP contribution in [0, 0.1) is 0 Å². The van der Waals surface area contributed by atoms with E-state index in [2.05, 4.69) is 10.1 Å². The Morgan fingerprint density at radius 1 is 1.32 bits per heavy atom. The Morgan fingerprint density at radius 3 is 2.32 bits per heavy atom. The van der Waals surface area contributed by atoms with Gasteiger partial charge in [0, 0.05) is 5.56 Å². The highest BCUT2D eigenvalue weighted by Crippen LogP contribution is 2.06. The predicted octanol–water partition coefficient (Wildman–Crippen LogP) is 0.901. The predicted molar refractivity (Wildman–Crippen MR) is 70.8 cm³/mol. The minimum absolute atomic E-state index is 0.418. The van der Waals surface area contributed by atoms with Crippen LogP contribution in [0.5, 0.6) is 0 Å². The van der Waals surface area contributed by atoms with Gasteiger partial charge in [0.25, 0.3) is 5.91 Å². The normalized spacial score (nSPS) is 13.5. The molecular weight excluding hydrogens is 246 g/mol. The van der Waals surface area contributed by atoms with Crippen LogP contribution in [0.2, 0.25) is 0 Å². The number of carbonyl (C=O) groups is 2. The fourth-order valence-corrected chi connectivity index (χ4v) is 1.62. The molecular formula is C14H19NO4. The van der Waals surface area contributed by atoms with Crippen molar-refractivity contribution in [2.24, 2.45) is 0 Å². The van der Waals surface area contributed by atoms with Crippen LogP contribution in [0.25, 0.3) is 0 Å². The number of hydrogen-bond acceptors (Lipinski definition) is 4. The molecule has 0 unspecified atom stereocenters. The van der Waals surface area contributed by atoms with Crippen LogP contribution in [0.1, 0.15) is 29.8 Å². The second kappa shape index (κ2) is 6.89. The van der Waals surface area contributed by atoms with Gasteiger partial charge >= 0.3 is 5.97 Å². The van der Waals surface area contributed by atoms with E-state index in [1.54, 1.807) is 12.1 Å². The van der Waals surface area contributed by atoms with Gasteiger partial charge in [-0.25, -0.2) is 4.79 Å². The third-order valence-electron chi connectivity index (χ3n) is 2.85. The van der Waals surface area contributed by atoms with E-state index in [0.29, 0.717) is 5.56 Å². The highest BCUT2D eigenvalue weighted by molar-refractivity contribution is 5.96. The molecule has 2 N–H and O–H groups in total. The number of aryl methyl sites for hydroxylation is 1. The van der Waals surface area contributed by atoms with E-state index in [-0.39, 0.29) is 0 Å². The molecule has 0 saturated carbocycles. The number of rotatable bonds is 5. The van der Waals surface area contributed by atoms with Crippen molar-refractivity contribution in [1.29, 1.82) is 0 Å². The van der Waals surface area contributed by atoms with E-state index in [4.69, 9.17) is 0 Å². The largest absolute Gasteiger partial charge is 0.467 e. The Balaban J connectivity index is 2.78. The molecule has 0 spiro atoms. The van der Waals surface area contributed by atoms with Crippen molar-refractivity contribution in [2.75, 3.05) is 7.11 Å². The molecule has 104 valence electrons. The second-order valence-electron chi connectivity index (χ2n) is 4.27. The maximum Gasteiger partial charge on any atom is 0.331 e. The highest BCUT2D eigenvalue weighted by atomic mass is 16.5. The number of nitrogens with one attached hydrogen (secondary N) is 1. The first-order valence-electron chi connectivity index (χ1n) is 6.15. The average molecular weight is 265 g/mol. The number of aliphatic hydroxyl groups excluding tert-OH is 1. The molecule has 1 aromatic carbocycles. The van der Waals surface area contributed by atoms with Gasteiger partial charge < -0.3 is 15.2 Å². The number of carbonyl (C=O) groups excluding carboxylic acids is 2. The molecule has 0 aliphatic carbocycles. The fourth-order valence-electron chi connectivity index (χ4n) is 1.62. The van der Waals surface area contributed by atoms with Crippen LogP contribution >= 0.6 is 0 Å². The van der Waals surface area contributed by atoms with E-state index in [9.17, 15) is 14.7 Å². The number of hydrogen-bond donors (Lipinski definition) is 2. The lowest BCUT2D eigenvalue weighted by atomic mass is 10.1. The first-order chi connectivity index (χ1) is 8.99. The van der Waals surface area contributed by atoms with E-state index < -0.39 is 24.0 Å². The van der Waals surface area contributed by atoms with Crippen LogP contribution in [0.4, 0.5) is 0 Å². The minimum Gasteiger partial charge on any atom is -0.467 e. The first-order valence-corrected chi connectivity index (χ1v) is 6.15. The molecule has 0 radical (unpaired) electrons. The van der Waals surface area contributed by atoms with Crippen LogP contribution in [0.15, 0.2) is 24.3 Å². The zero-order valence-electron chi connectivity index (χ0n) is 11.3. The number of methoxy groups -OCH3 is 1. The number of benzene rings is 1. The molecule has 0 aliphatic rings. The van der Waals surface area contributed by atoms with Gasteiger partial charge in [0.2, 0.25) is 0 Å². The Labute approximate surface area is 112 Å². The summed E-state index contributed by atoms with van der Waals surface area (Å²) in [6.45, 7) is 3.44. The van der Waals surface area contributed by atoms with Gasteiger partial charge in [0.05, 0.1) is 13.2 Å². The van der Waals surface area contributed by atoms with Crippen LogP contribution in [-0.2, 0) is 16.0 Å². The second-order valence-corrected chi connectivity index (χ2v) is 4.27. The van der Waals surface area contributed by atoms with Crippen molar-refractivity contribution in [3.8, 4) is 0 Å². The minimum atomic E-state index is -1.07. The first kappa shape index (κ1) is 15.2. The molecule has 5 heteroatoms. The summed E-state index contributed by atoms with van der Waals surface area (Å²) in [4.78, 5) is 23.4. The Hall–Kier alpha value is -1.88. The summed E-state index contributed by atoms with van der Waals surface area (Å²) >= 11 is 0. The summed E-state index contributed by atoms with van der Waals surface area (Å²) in [5, 5.41) is 11.9. The third kappa shape index (κ3) is 4.06. The van der Waals surface area contributed by atoms with Crippen molar-refractivity contribution < 1.29 is 19.4 Å². The molecule has 19 heavy (non-hydrogen) atoms. The molecule has 2 atom stereocenters. The molecule has 1 amide bonds. The number of ether oxygens (including phenoxy) is 1. The quantitative estimate of drug-likeness (QED) is 0.776. The van der Waals surface area contributed by atoms with Crippen molar-refractivity contribution >= 4 is 11.9 Å². The number of esters is 1. The molecule has 0 fully saturated rings. The maximum atomic E-state index is 11.9. The van der Waals surface area contributed by atoms with E-state index in [0.717, 1.165) is 12.0 Å². The molecule has 0 aromatic heterocycles. The van der Waals surface area contributed by atoms with E-state index in [1.165, 1.54) is 14.0 Å². The molecule has 1 aromatic rings. The summed E-state index contributed by atoms with van der Waals surface area (Å²) in [5.41, 5.74) is 1.56. The molecule has 0 heterocycles. The van der Waals surface area contributed by atoms with Gasteiger partial charge in [-0.1, -0.05) is 19.1 Å². The SMILES string of the molecule is CCc1ccc(C(=O)N[C@H](C(=O)OC)[C@@H](C)O)cc1. The Bertz CT molecular complexity index is 439. The summed E-state index contributed by atoms with van der Waals surface area (Å²) in [6, 6.07) is 6.01. The summed E-state index contributed by atoms with van der Waals surface area (Å²) < 4.78 is 4.53. The third-order valence-corrected chi connectivity index (χ3v) is 2.85. The zero-order valence-corrected chi connectivity index (χ0v) is 11.3. The smallest absolute Gasteiger partial charge is 0.331 e. The van der Waals surface area contributed by atoms with Crippen LogP contribution < -0.4 is 5.32 Å². The molecule has 1 rings (SSSR count). The van der Waals surface area contributed by atoms with Crippen molar-refractivity contribution in [2.45, 2.75) is 32.4 Å². The summed E-state index contributed by atoms with van der Waals surface area (Å²) in [7, 11) is 1.21. The topological polar surface area (TPSA) is 75.6 Å². The zero-order chi connectivity index (χ0) is 14.4. The number of amides is 1. The lowest BCUT2D eigenvalue weighted by Crippen LogP contribution is -2.48. The molecule has 5 nitrogen and oxygen atoms in total. The van der Waals surface area contributed by atoms with Gasteiger partial charge in [-0.15, -0.1) is 0 Å². The molecule has 0 aliphatic heterocycles. The van der Waals surface area contributed by atoms with Gasteiger partial charge in [0.1, 0.15) is 0 Å². The standard InChI is InChI=1S/C14H19NO4/c1-4-10-5-7-11(8-6-10)13(17)15-12(9(2)16)14(18)19-3/h5-9,12,16H,4H2,1-3H3,(H,15,17)/t9-,12+/m1/s1. The average Bonchev–Trinajstić information content (AvgIpc) is 2.43. The van der Waals surface area contributed by atoms with E-state index in [1.807, 2.05) is 19.1 Å². The molecule has 0 saturated heterocycles. The summed E-state index contributed by atoms with van der Waals surface area (Å²) in [6.07, 6.45) is -0.133. The monoisotopic (exact) mass is 265 g/mol. The van der Waals surface area contributed by atoms with Gasteiger partial charge in [-0.05, 0) is 31.0 Å². The highest BCUT2D eigenvalue weighted by Gasteiger charge is 2.26. The van der Waals surface area contributed by atoms with Crippen molar-refractivity contribution in [3.05, 3.63) is 35.4 Å². The van der Waals surface area contributed by atoms with Crippen LogP contribution in [-0.4, -0.2) is 36.2 Å². The van der Waals surface area contributed by atoms with Gasteiger partial charge in [-0.2, -0.15) is 0 Å². The Kier molecular flexibility index (Phi) is 5.51. The van der Waals surface area contributed by atoms with Crippen LogP contribution in [0.3, 0.4) is 0 Å². The Morgan fingerprint density at radius 2 is 1.89 bits per heavy atom. The lowest BCUT2D eigenvalue weighted by Gasteiger charge is -2.18. The fraction of sp³-hybridized carbons (Fsp3) is 0.429. The number of aliphatic hydroxyl groups is 1. The van der Waals surface area contributed by atoms with Gasteiger partial charge in [-0.3, -0.25) is 4.79 Å². The lowest BCUT2D eigenvalue weighted by molar-refractivity contribution is -0.145. The van der Waals surface area contributed by atoms with Crippen molar-refractivity contribution in [3.63, 3.8) is 0 Å². The summed E-state index contributed by atoms with van der Waals surface area (Å²) in [5.74, 6) is -1.09.